The van der Waals surface area contributed by atoms with Crippen LogP contribution < -0.4 is 0 Å². The highest BCUT2D eigenvalue weighted by atomic mass is 35.5. The summed E-state index contributed by atoms with van der Waals surface area (Å²) < 4.78 is 27.2. The molecule has 1 aromatic heterocycles. The summed E-state index contributed by atoms with van der Waals surface area (Å²) in [6, 6.07) is 4.62. The molecule has 1 atom stereocenters. The molecule has 0 aliphatic heterocycles. The van der Waals surface area contributed by atoms with Gasteiger partial charge in [0.15, 0.2) is 0 Å². The highest BCUT2D eigenvalue weighted by Crippen LogP contribution is 2.35. The second kappa shape index (κ2) is 5.10. The number of carboxylic acid groups (broad SMARTS) is 1. The van der Waals surface area contributed by atoms with Crippen molar-refractivity contribution in [3.8, 4) is 6.07 Å². The van der Waals surface area contributed by atoms with Crippen LogP contribution in [0.4, 0.5) is 8.78 Å². The van der Waals surface area contributed by atoms with Gasteiger partial charge >= 0.3 is 5.97 Å². The van der Waals surface area contributed by atoms with Gasteiger partial charge in [0, 0.05) is 5.39 Å². The summed E-state index contributed by atoms with van der Waals surface area (Å²) in [5.41, 5.74) is -0.0220. The predicted molar refractivity (Wildman–Crippen MR) is 69.0 cm³/mol. The smallest absolute Gasteiger partial charge is 0.326 e. The van der Waals surface area contributed by atoms with E-state index in [0.29, 0.717) is 0 Å². The largest absolute Gasteiger partial charge is 0.480 e. The first-order chi connectivity index (χ1) is 9.38. The van der Waals surface area contributed by atoms with E-state index in [4.69, 9.17) is 22.0 Å². The summed E-state index contributed by atoms with van der Waals surface area (Å²) in [5, 5.41) is 18.2. The Labute approximate surface area is 117 Å². The van der Waals surface area contributed by atoms with Gasteiger partial charge in [0.2, 0.25) is 0 Å². The van der Waals surface area contributed by atoms with Crippen molar-refractivity contribution in [3.05, 3.63) is 34.5 Å². The Morgan fingerprint density at radius 1 is 1.50 bits per heavy atom. The fourth-order valence-corrected chi connectivity index (χ4v) is 2.34. The van der Waals surface area contributed by atoms with Gasteiger partial charge < -0.3 is 9.67 Å². The molecule has 2 aromatic rings. The fraction of sp³-hybridized carbons (Fsp3) is 0.231. The fourth-order valence-electron chi connectivity index (χ4n) is 2.08. The number of fused-ring (bicyclic) bond motifs is 1. The molecule has 4 nitrogen and oxygen atoms in total. The first kappa shape index (κ1) is 14.3. The molecular weight excluding hydrogens is 290 g/mol. The lowest BCUT2D eigenvalue weighted by atomic mass is 10.1. The van der Waals surface area contributed by atoms with Gasteiger partial charge in [-0.15, -0.1) is 0 Å². The number of halogens is 3. The number of nitrogens with zero attached hydrogens (tertiary/aromatic N) is 2. The van der Waals surface area contributed by atoms with E-state index in [-0.39, 0.29) is 21.5 Å². The second-order valence-corrected chi connectivity index (χ2v) is 4.60. The van der Waals surface area contributed by atoms with E-state index >= 15 is 0 Å². The maximum atomic E-state index is 13.1. The minimum Gasteiger partial charge on any atom is -0.480 e. The number of benzene rings is 1. The number of hydrogen-bond acceptors (Lipinski definition) is 2. The van der Waals surface area contributed by atoms with E-state index in [1.165, 1.54) is 19.1 Å². The number of aromatic nitrogens is 1. The van der Waals surface area contributed by atoms with Gasteiger partial charge in [-0.1, -0.05) is 11.6 Å². The second-order valence-electron chi connectivity index (χ2n) is 4.23. The van der Waals surface area contributed by atoms with E-state index in [1.54, 1.807) is 0 Å². The molecule has 1 heterocycles. The normalized spacial score (nSPS) is 12.6. The Balaban J connectivity index is 2.84. The van der Waals surface area contributed by atoms with Crippen LogP contribution in [-0.2, 0) is 4.79 Å². The molecule has 0 aliphatic carbocycles. The van der Waals surface area contributed by atoms with Crippen molar-refractivity contribution in [2.24, 2.45) is 0 Å². The molecule has 1 aromatic carbocycles. The Kier molecular flexibility index (Phi) is 3.64. The molecule has 0 saturated carbocycles. The number of carboxylic acids is 1. The van der Waals surface area contributed by atoms with Crippen LogP contribution in [0.3, 0.4) is 0 Å². The summed E-state index contributed by atoms with van der Waals surface area (Å²) in [6.07, 6.45) is -2.84. The number of hydrogen-bond donors (Lipinski definition) is 1. The van der Waals surface area contributed by atoms with Crippen molar-refractivity contribution in [1.82, 2.24) is 4.57 Å². The summed E-state index contributed by atoms with van der Waals surface area (Å²) in [6.45, 7) is 1.31. The third-order valence-corrected chi connectivity index (χ3v) is 3.48. The van der Waals surface area contributed by atoms with Crippen molar-refractivity contribution >= 4 is 28.5 Å². The van der Waals surface area contributed by atoms with Crippen LogP contribution >= 0.6 is 11.6 Å². The molecule has 0 bridgehead atoms. The molecular formula is C13H9ClF2N2O2. The average molecular weight is 299 g/mol. The van der Waals surface area contributed by atoms with Gasteiger partial charge in [-0.3, -0.25) is 0 Å². The van der Waals surface area contributed by atoms with Gasteiger partial charge in [0.05, 0.1) is 21.8 Å². The van der Waals surface area contributed by atoms with Crippen molar-refractivity contribution in [3.63, 3.8) is 0 Å². The average Bonchev–Trinajstić information content (AvgIpc) is 2.78. The van der Waals surface area contributed by atoms with Gasteiger partial charge in [-0.05, 0) is 25.1 Å². The highest BCUT2D eigenvalue weighted by Gasteiger charge is 2.25. The van der Waals surface area contributed by atoms with Crippen LogP contribution in [0.25, 0.3) is 10.9 Å². The quantitative estimate of drug-likeness (QED) is 0.938. The Morgan fingerprint density at radius 3 is 2.65 bits per heavy atom. The first-order valence-electron chi connectivity index (χ1n) is 5.62. The van der Waals surface area contributed by atoms with Crippen molar-refractivity contribution < 1.29 is 18.7 Å². The minimum atomic E-state index is -2.84. The van der Waals surface area contributed by atoms with Crippen molar-refractivity contribution in [1.29, 1.82) is 5.26 Å². The summed E-state index contributed by atoms with van der Waals surface area (Å²) >= 11 is 5.99. The molecule has 0 amide bonds. The molecule has 104 valence electrons. The van der Waals surface area contributed by atoms with Gasteiger partial charge in [-0.25, -0.2) is 13.6 Å². The molecule has 1 N–H and O–H groups in total. The molecule has 20 heavy (non-hydrogen) atoms. The van der Waals surface area contributed by atoms with Crippen LogP contribution in [-0.4, -0.2) is 15.6 Å². The molecule has 0 saturated heterocycles. The Morgan fingerprint density at radius 2 is 2.15 bits per heavy atom. The van der Waals surface area contributed by atoms with Crippen LogP contribution in [0.2, 0.25) is 5.02 Å². The zero-order chi connectivity index (χ0) is 15.0. The summed E-state index contributed by atoms with van der Waals surface area (Å²) in [5.74, 6) is -1.23. The Bertz CT molecular complexity index is 734. The first-order valence-corrected chi connectivity index (χ1v) is 6.00. The lowest BCUT2D eigenvalue weighted by Crippen LogP contribution is -2.17. The number of rotatable bonds is 3. The number of nitriles is 1. The molecule has 0 radical (unpaired) electrons. The number of alkyl halides is 2. The van der Waals surface area contributed by atoms with E-state index in [1.807, 2.05) is 6.07 Å². The molecule has 1 unspecified atom stereocenters. The summed E-state index contributed by atoms with van der Waals surface area (Å²) in [4.78, 5) is 11.1. The molecule has 0 fully saturated rings. The van der Waals surface area contributed by atoms with Crippen molar-refractivity contribution in [2.45, 2.75) is 19.4 Å². The zero-order valence-corrected chi connectivity index (χ0v) is 11.0. The Hall–Kier alpha value is -2.13. The number of carbonyl (C=O) groups is 1. The third-order valence-electron chi connectivity index (χ3n) is 3.08. The van der Waals surface area contributed by atoms with Gasteiger partial charge in [-0.2, -0.15) is 5.26 Å². The molecule has 0 aliphatic rings. The van der Waals surface area contributed by atoms with E-state index in [0.717, 1.165) is 10.6 Å². The monoisotopic (exact) mass is 298 g/mol. The van der Waals surface area contributed by atoms with Crippen LogP contribution in [0.1, 0.15) is 30.6 Å². The van der Waals surface area contributed by atoms with Crippen LogP contribution in [0.5, 0.6) is 0 Å². The van der Waals surface area contributed by atoms with E-state index in [2.05, 4.69) is 0 Å². The van der Waals surface area contributed by atoms with Crippen LogP contribution in [0.15, 0.2) is 18.2 Å². The number of aliphatic carboxylic acids is 1. The van der Waals surface area contributed by atoms with E-state index in [9.17, 15) is 13.6 Å². The lowest BCUT2D eigenvalue weighted by molar-refractivity contribution is -0.140. The lowest BCUT2D eigenvalue weighted by Gasteiger charge is -2.14. The maximum Gasteiger partial charge on any atom is 0.326 e. The maximum absolute atomic E-state index is 13.1. The van der Waals surface area contributed by atoms with Crippen LogP contribution in [0, 0.1) is 11.3 Å². The topological polar surface area (TPSA) is 66.0 Å². The standard InChI is InChI=1S/C13H9ClF2N2O2/c1-6(13(19)20)18-9-3-2-7(5-17)11(14)8(9)4-10(18)12(15)16/h2-4,6,12H,1H3,(H,19,20). The van der Waals surface area contributed by atoms with Crippen molar-refractivity contribution in [2.75, 3.05) is 0 Å². The van der Waals surface area contributed by atoms with Gasteiger partial charge in [0.25, 0.3) is 6.43 Å². The zero-order valence-electron chi connectivity index (χ0n) is 10.3. The molecule has 2 rings (SSSR count). The van der Waals surface area contributed by atoms with E-state index < -0.39 is 24.1 Å². The summed E-state index contributed by atoms with van der Waals surface area (Å²) in [7, 11) is 0. The highest BCUT2D eigenvalue weighted by molar-refractivity contribution is 6.36. The minimum absolute atomic E-state index is 0.0447. The molecule has 0 spiro atoms. The van der Waals surface area contributed by atoms with Gasteiger partial charge in [0.1, 0.15) is 12.1 Å². The predicted octanol–water partition coefficient (Wildman–Crippen LogP) is 3.75. The SMILES string of the molecule is CC(C(=O)O)n1c(C(F)F)cc2c(Cl)c(C#N)ccc21. The molecule has 7 heteroatoms. The third kappa shape index (κ3) is 2.10.